The highest BCUT2D eigenvalue weighted by Crippen LogP contribution is 2.39. The average molecular weight is 411 g/mol. The van der Waals surface area contributed by atoms with E-state index >= 15 is 0 Å². The van der Waals surface area contributed by atoms with Crippen molar-refractivity contribution in [2.75, 3.05) is 41.3 Å². The number of hydrogen-bond acceptors (Lipinski definition) is 3. The molecule has 1 saturated carbocycles. The van der Waals surface area contributed by atoms with Crippen LogP contribution in [-0.4, -0.2) is 69.0 Å². The molecule has 2 fully saturated rings. The summed E-state index contributed by atoms with van der Waals surface area (Å²) < 4.78 is 12.2. The van der Waals surface area contributed by atoms with Crippen molar-refractivity contribution < 1.29 is 9.47 Å². The molecule has 0 amide bonds. The average Bonchev–Trinajstić information content (AvgIpc) is 2.76. The summed E-state index contributed by atoms with van der Waals surface area (Å²) in [5, 5.41) is 0. The Morgan fingerprint density at radius 1 is 1.14 bits per heavy atom. The first kappa shape index (κ1) is 19.0. The van der Waals surface area contributed by atoms with Crippen LogP contribution >= 0.6 is 24.0 Å². The maximum absolute atomic E-state index is 6.18. The molecular formula is C15H30IN3O2. The molecule has 1 unspecified atom stereocenters. The lowest BCUT2D eigenvalue weighted by molar-refractivity contribution is -0.190. The van der Waals surface area contributed by atoms with Crippen molar-refractivity contribution in [2.45, 2.75) is 44.5 Å². The molecule has 1 saturated heterocycles. The highest BCUT2D eigenvalue weighted by atomic mass is 127. The van der Waals surface area contributed by atoms with Gasteiger partial charge in [0.1, 0.15) is 6.10 Å². The van der Waals surface area contributed by atoms with E-state index in [0.29, 0.717) is 13.2 Å². The van der Waals surface area contributed by atoms with E-state index in [2.05, 4.69) is 11.9 Å². The minimum Gasteiger partial charge on any atom is -0.349 e. The van der Waals surface area contributed by atoms with E-state index in [4.69, 9.17) is 9.47 Å². The molecule has 0 aromatic carbocycles. The van der Waals surface area contributed by atoms with Gasteiger partial charge in [-0.15, -0.1) is 24.0 Å². The van der Waals surface area contributed by atoms with Crippen LogP contribution in [0.15, 0.2) is 4.99 Å². The highest BCUT2D eigenvalue weighted by Gasteiger charge is 2.43. The van der Waals surface area contributed by atoms with E-state index < -0.39 is 0 Å². The van der Waals surface area contributed by atoms with Crippen LogP contribution in [0.25, 0.3) is 0 Å². The van der Waals surface area contributed by atoms with Gasteiger partial charge in [-0.2, -0.15) is 0 Å². The number of halogens is 1. The Morgan fingerprint density at radius 3 is 2.24 bits per heavy atom. The maximum Gasteiger partial charge on any atom is 0.195 e. The number of guanidine groups is 1. The standard InChI is InChI=1S/C15H29N3O2.HI/c1-12-6-8-15(9-7-12)19-11-13(20-15)10-16-14(17(2)3)18(4)5;/h12-13H,6-11H2,1-5H3;1H. The molecule has 0 radical (unpaired) electrons. The molecule has 2 rings (SSSR count). The fraction of sp³-hybridized carbons (Fsp3) is 0.933. The monoisotopic (exact) mass is 411 g/mol. The van der Waals surface area contributed by atoms with Gasteiger partial charge in [-0.3, -0.25) is 4.99 Å². The molecule has 21 heavy (non-hydrogen) atoms. The molecule has 6 heteroatoms. The third-order valence-corrected chi connectivity index (χ3v) is 4.19. The van der Waals surface area contributed by atoms with Crippen LogP contribution in [0.4, 0.5) is 0 Å². The van der Waals surface area contributed by atoms with Crippen LogP contribution < -0.4 is 0 Å². The molecule has 0 aromatic rings. The topological polar surface area (TPSA) is 37.3 Å². The Bertz CT molecular complexity index is 343. The summed E-state index contributed by atoms with van der Waals surface area (Å²) in [6.07, 6.45) is 4.57. The van der Waals surface area contributed by atoms with Crippen LogP contribution in [0.5, 0.6) is 0 Å². The molecule has 1 aliphatic heterocycles. The molecule has 1 heterocycles. The number of rotatable bonds is 2. The molecule has 5 nitrogen and oxygen atoms in total. The second-order valence-corrected chi connectivity index (χ2v) is 6.57. The van der Waals surface area contributed by atoms with E-state index in [1.165, 1.54) is 12.8 Å². The molecule has 0 N–H and O–H groups in total. The number of ether oxygens (including phenoxy) is 2. The Morgan fingerprint density at radius 2 is 1.71 bits per heavy atom. The van der Waals surface area contributed by atoms with Gasteiger partial charge < -0.3 is 19.3 Å². The summed E-state index contributed by atoms with van der Waals surface area (Å²) in [5.41, 5.74) is 0. The van der Waals surface area contributed by atoms with E-state index in [0.717, 1.165) is 24.7 Å². The number of nitrogens with zero attached hydrogens (tertiary/aromatic N) is 3. The lowest BCUT2D eigenvalue weighted by Gasteiger charge is -2.34. The lowest BCUT2D eigenvalue weighted by Crippen LogP contribution is -2.37. The summed E-state index contributed by atoms with van der Waals surface area (Å²) >= 11 is 0. The van der Waals surface area contributed by atoms with Gasteiger partial charge in [-0.1, -0.05) is 6.92 Å². The van der Waals surface area contributed by atoms with Crippen molar-refractivity contribution in [3.05, 3.63) is 0 Å². The van der Waals surface area contributed by atoms with Gasteiger partial charge in [0.05, 0.1) is 13.2 Å². The normalized spacial score (nSPS) is 31.7. The first-order valence-corrected chi connectivity index (χ1v) is 7.63. The van der Waals surface area contributed by atoms with Crippen molar-refractivity contribution in [1.82, 2.24) is 9.80 Å². The van der Waals surface area contributed by atoms with Crippen molar-refractivity contribution in [3.63, 3.8) is 0 Å². The molecule has 2 aliphatic rings. The van der Waals surface area contributed by atoms with Crippen LogP contribution in [0, 0.1) is 5.92 Å². The minimum absolute atomic E-state index is 0. The van der Waals surface area contributed by atoms with Crippen LogP contribution in [-0.2, 0) is 9.47 Å². The zero-order valence-corrected chi connectivity index (χ0v) is 16.3. The van der Waals surface area contributed by atoms with Crippen LogP contribution in [0.1, 0.15) is 32.6 Å². The van der Waals surface area contributed by atoms with Gasteiger partial charge in [-0.25, -0.2) is 0 Å². The molecule has 1 atom stereocenters. The summed E-state index contributed by atoms with van der Waals surface area (Å²) in [5.74, 6) is 1.47. The number of hydrogen-bond donors (Lipinski definition) is 0. The van der Waals surface area contributed by atoms with Gasteiger partial charge in [-0.05, 0) is 18.8 Å². The fourth-order valence-corrected chi connectivity index (χ4v) is 3.04. The third-order valence-electron chi connectivity index (χ3n) is 4.19. The highest BCUT2D eigenvalue weighted by molar-refractivity contribution is 14.0. The first-order chi connectivity index (χ1) is 9.42. The zero-order valence-electron chi connectivity index (χ0n) is 14.0. The molecule has 1 aliphatic carbocycles. The van der Waals surface area contributed by atoms with E-state index in [1.807, 2.05) is 38.0 Å². The van der Waals surface area contributed by atoms with Crippen molar-refractivity contribution in [1.29, 1.82) is 0 Å². The van der Waals surface area contributed by atoms with Gasteiger partial charge >= 0.3 is 0 Å². The molecule has 124 valence electrons. The third kappa shape index (κ3) is 4.96. The second-order valence-electron chi connectivity index (χ2n) is 6.57. The van der Waals surface area contributed by atoms with Gasteiger partial charge in [0.15, 0.2) is 11.7 Å². The van der Waals surface area contributed by atoms with Gasteiger partial charge in [0.2, 0.25) is 0 Å². The Labute approximate surface area is 146 Å². The quantitative estimate of drug-likeness (QED) is 0.398. The van der Waals surface area contributed by atoms with Crippen molar-refractivity contribution in [3.8, 4) is 0 Å². The summed E-state index contributed by atoms with van der Waals surface area (Å²) in [7, 11) is 8.04. The summed E-state index contributed by atoms with van der Waals surface area (Å²) in [6, 6.07) is 0. The zero-order chi connectivity index (χ0) is 14.8. The van der Waals surface area contributed by atoms with Crippen molar-refractivity contribution in [2.24, 2.45) is 10.9 Å². The first-order valence-electron chi connectivity index (χ1n) is 7.63. The van der Waals surface area contributed by atoms with Crippen molar-refractivity contribution >= 4 is 29.9 Å². The smallest absolute Gasteiger partial charge is 0.195 e. The van der Waals surface area contributed by atoms with Crippen LogP contribution in [0.2, 0.25) is 0 Å². The predicted octanol–water partition coefficient (Wildman–Crippen LogP) is 2.41. The summed E-state index contributed by atoms with van der Waals surface area (Å²) in [6.45, 7) is 3.65. The Hall–Kier alpha value is -0.0800. The second kappa shape index (κ2) is 7.97. The van der Waals surface area contributed by atoms with E-state index in [9.17, 15) is 0 Å². The maximum atomic E-state index is 6.18. The molecule has 1 spiro atoms. The minimum atomic E-state index is -0.302. The van der Waals surface area contributed by atoms with E-state index in [1.54, 1.807) is 0 Å². The van der Waals surface area contributed by atoms with Gasteiger partial charge in [0, 0.05) is 41.0 Å². The SMILES string of the molecule is CC1CCC2(CC1)OCC(CN=C(N(C)C)N(C)C)O2.I. The molecule has 0 aromatic heterocycles. The van der Waals surface area contributed by atoms with Crippen LogP contribution in [0.3, 0.4) is 0 Å². The molecular weight excluding hydrogens is 381 g/mol. The predicted molar refractivity (Wildman–Crippen MR) is 96.3 cm³/mol. The van der Waals surface area contributed by atoms with Gasteiger partial charge in [0.25, 0.3) is 0 Å². The van der Waals surface area contributed by atoms with E-state index in [-0.39, 0.29) is 35.9 Å². The summed E-state index contributed by atoms with van der Waals surface area (Å²) in [4.78, 5) is 8.70. The fourth-order valence-electron chi connectivity index (χ4n) is 3.04. The number of aliphatic imine (C=N–C) groups is 1. The Balaban J connectivity index is 0.00000220. The Kier molecular flexibility index (Phi) is 7.19. The largest absolute Gasteiger partial charge is 0.349 e. The molecule has 0 bridgehead atoms. The lowest BCUT2D eigenvalue weighted by atomic mass is 9.86.